The molecule has 528 valence electrons. The van der Waals surface area contributed by atoms with Gasteiger partial charge in [0, 0.05) is 58.5 Å². The molecule has 6 aliphatic rings. The lowest BCUT2D eigenvalue weighted by atomic mass is 9.78. The number of ketones is 3. The number of carbonyl (C=O) groups is 6. The molecule has 5 heterocycles. The molecular formula is C66H103NO26. The molecule has 0 aromatic rings. The van der Waals surface area contributed by atoms with E-state index in [4.69, 9.17) is 52.1 Å². The zero-order valence-electron chi connectivity index (χ0n) is 55.3. The van der Waals surface area contributed by atoms with Crippen molar-refractivity contribution in [1.82, 2.24) is 4.90 Å². The Balaban J connectivity index is 1.13. The number of rotatable bonds is 15. The second kappa shape index (κ2) is 36.2. The largest absolute Gasteiger partial charge is 0.510 e. The molecule has 2 unspecified atom stereocenters. The summed E-state index contributed by atoms with van der Waals surface area (Å²) in [5.41, 5.74) is 1.16. The van der Waals surface area contributed by atoms with Crippen LogP contribution in [-0.2, 0) is 76.1 Å². The zero-order chi connectivity index (χ0) is 68.6. The van der Waals surface area contributed by atoms with Crippen molar-refractivity contribution >= 4 is 35.4 Å². The van der Waals surface area contributed by atoms with E-state index in [9.17, 15) is 74.7 Å². The van der Waals surface area contributed by atoms with E-state index >= 15 is 0 Å². The second-order valence-electron chi connectivity index (χ2n) is 26.2. The number of aliphatic hydroxyl groups is 9. The fourth-order valence-electron chi connectivity index (χ4n) is 13.3. The number of methoxy groups -OCH3 is 3. The molecule has 1 aliphatic carbocycles. The first-order chi connectivity index (χ1) is 44.1. The number of nitrogens with zero attached hydrogens (tertiary/aromatic N) is 1. The van der Waals surface area contributed by atoms with Gasteiger partial charge < -0.3 is 103 Å². The Morgan fingerprint density at radius 2 is 1.42 bits per heavy atom. The van der Waals surface area contributed by atoms with Crippen LogP contribution >= 0.6 is 0 Å². The van der Waals surface area contributed by atoms with Crippen LogP contribution in [0.5, 0.6) is 0 Å². The maximum absolute atomic E-state index is 14.7. The summed E-state index contributed by atoms with van der Waals surface area (Å²) in [5, 5.41) is 95.4. The molecule has 0 radical (unpaired) electrons. The number of amides is 1. The predicted octanol–water partition coefficient (Wildman–Crippen LogP) is 1.98. The first kappa shape index (κ1) is 77.5. The van der Waals surface area contributed by atoms with E-state index < -0.39 is 177 Å². The first-order valence-corrected chi connectivity index (χ1v) is 32.6. The van der Waals surface area contributed by atoms with Gasteiger partial charge in [0.25, 0.3) is 11.7 Å². The second-order valence-corrected chi connectivity index (χ2v) is 26.2. The summed E-state index contributed by atoms with van der Waals surface area (Å²) >= 11 is 0. The minimum atomic E-state index is -2.51. The normalized spacial score (nSPS) is 41.7. The molecule has 0 spiro atoms. The van der Waals surface area contributed by atoms with Gasteiger partial charge in [-0.1, -0.05) is 71.1 Å². The quantitative estimate of drug-likeness (QED) is 0.0490. The molecule has 27 nitrogen and oxygen atoms in total. The van der Waals surface area contributed by atoms with E-state index in [1.54, 1.807) is 40.9 Å². The van der Waals surface area contributed by atoms with E-state index in [-0.39, 0.29) is 62.4 Å². The number of hydrogen-bond acceptors (Lipinski definition) is 26. The van der Waals surface area contributed by atoms with Gasteiger partial charge in [-0.05, 0) is 107 Å². The van der Waals surface area contributed by atoms with Crippen molar-refractivity contribution in [3.8, 4) is 0 Å². The zero-order valence-corrected chi connectivity index (χ0v) is 55.3. The summed E-state index contributed by atoms with van der Waals surface area (Å²) < 4.78 is 62.5. The molecule has 9 N–H and O–H groups in total. The lowest BCUT2D eigenvalue weighted by Crippen LogP contribution is -2.61. The third kappa shape index (κ3) is 20.3. The lowest BCUT2D eigenvalue weighted by molar-refractivity contribution is -0.326. The molecule has 27 heteroatoms. The molecule has 6 rings (SSSR count). The third-order valence-corrected chi connectivity index (χ3v) is 19.2. The first-order valence-electron chi connectivity index (χ1n) is 32.6. The minimum Gasteiger partial charge on any atom is -0.460 e. The maximum atomic E-state index is 14.7. The third-order valence-electron chi connectivity index (χ3n) is 19.2. The van der Waals surface area contributed by atoms with Gasteiger partial charge in [-0.3, -0.25) is 19.2 Å². The Labute approximate surface area is 544 Å². The van der Waals surface area contributed by atoms with Crippen LogP contribution in [0.2, 0.25) is 0 Å². The van der Waals surface area contributed by atoms with Gasteiger partial charge >= 0.3 is 12.1 Å². The minimum absolute atomic E-state index is 0.0102. The summed E-state index contributed by atoms with van der Waals surface area (Å²) in [7, 11) is 4.41. The van der Waals surface area contributed by atoms with Crippen molar-refractivity contribution < 1.29 is 127 Å². The van der Waals surface area contributed by atoms with E-state index in [1.165, 1.54) is 14.2 Å². The van der Waals surface area contributed by atoms with Crippen LogP contribution in [0.1, 0.15) is 126 Å². The number of esters is 1. The Kier molecular flexibility index (Phi) is 30.2. The number of aliphatic hydroxyl groups excluding tert-OH is 8. The van der Waals surface area contributed by atoms with Gasteiger partial charge in [0.05, 0.1) is 44.2 Å². The number of cyclic esters (lactones) is 1. The number of allylic oxidation sites excluding steroid dienone is 6. The van der Waals surface area contributed by atoms with E-state index in [0.717, 1.165) is 10.5 Å². The number of Topliss-reactive ketones (excluding diaryl/α,β-unsaturated/α-hetero) is 3. The Morgan fingerprint density at radius 3 is 2.10 bits per heavy atom. The summed E-state index contributed by atoms with van der Waals surface area (Å²) in [5.74, 6) is -9.02. The summed E-state index contributed by atoms with van der Waals surface area (Å²) in [6.07, 6.45) is -9.06. The summed E-state index contributed by atoms with van der Waals surface area (Å²) in [6, 6.07) is -1.25. The average Bonchev–Trinajstić information content (AvgIpc) is 0.784. The summed E-state index contributed by atoms with van der Waals surface area (Å²) in [4.78, 5) is 85.9. The number of piperidine rings is 1. The molecule has 1 amide bonds. The van der Waals surface area contributed by atoms with Crippen molar-refractivity contribution in [2.24, 2.45) is 35.5 Å². The number of ether oxygens (including phenoxy) is 11. The maximum Gasteiger partial charge on any atom is 0.510 e. The SMILES string of the molecule is CO[C@H]1C[C@@H]2CC[C@@H](C)[C@@](O)(O2)C(=O)C(=O)N2CCCCC2C(=O)O[C@H]([C@H](C)CC2CC[C@@H](OCCOC(=O)O[C@H]3O[C@H](CO[C@H]4O[C@H](CO)[C@@H](O)[C@H](O)[C@H]4O)[C@@H](O)[C@H](O)[C@H]3O)[C@H](OC)C2)CC(=O)[C@H](C)/C=C(\C)[C@@H](O)[C@@H](OC)C(=O)[C@H](C)C[C@H](C)/C=C/C=C/C=C/1C. The molecular weight excluding hydrogens is 1220 g/mol. The molecule has 2 bridgehead atoms. The van der Waals surface area contributed by atoms with Gasteiger partial charge in [-0.15, -0.1) is 0 Å². The van der Waals surface area contributed by atoms with Crippen molar-refractivity contribution in [1.29, 1.82) is 0 Å². The number of fused-ring (bicyclic) bond motifs is 3. The van der Waals surface area contributed by atoms with Crippen LogP contribution < -0.4 is 0 Å². The Bertz CT molecular complexity index is 2580. The smallest absolute Gasteiger partial charge is 0.460 e. The average molecular weight is 1330 g/mol. The van der Waals surface area contributed by atoms with Gasteiger partial charge in [-0.2, -0.15) is 0 Å². The molecule has 1 saturated carbocycles. The highest BCUT2D eigenvalue weighted by Gasteiger charge is 2.54. The fourth-order valence-corrected chi connectivity index (χ4v) is 13.3. The topological polar surface area (TPSA) is 389 Å². The number of hydrogen-bond donors (Lipinski definition) is 9. The molecule has 93 heavy (non-hydrogen) atoms. The number of carbonyl (C=O) groups excluding carboxylic acids is 6. The van der Waals surface area contributed by atoms with E-state index in [0.29, 0.717) is 63.4 Å². The van der Waals surface area contributed by atoms with Gasteiger partial charge in [0.1, 0.15) is 85.6 Å². The monoisotopic (exact) mass is 1330 g/mol. The van der Waals surface area contributed by atoms with Crippen molar-refractivity contribution in [2.45, 2.75) is 241 Å². The van der Waals surface area contributed by atoms with E-state index in [2.05, 4.69) is 0 Å². The van der Waals surface area contributed by atoms with Crippen LogP contribution in [0.25, 0.3) is 0 Å². The van der Waals surface area contributed by atoms with Gasteiger partial charge in [0.15, 0.2) is 12.1 Å². The highest BCUT2D eigenvalue weighted by atomic mass is 16.8. The van der Waals surface area contributed by atoms with Crippen molar-refractivity contribution in [3.05, 3.63) is 47.6 Å². The molecule has 25 atom stereocenters. The van der Waals surface area contributed by atoms with E-state index in [1.807, 2.05) is 51.2 Å². The lowest BCUT2D eigenvalue weighted by Gasteiger charge is -2.42. The molecule has 0 aromatic carbocycles. The Morgan fingerprint density at radius 1 is 0.731 bits per heavy atom. The standard InChI is InChI=1S/C66H103NO26/c1-34-16-12-11-13-17-35(2)46(83-8)30-42-21-19-40(7)66(82,93-42)60(78)61(79)67-23-15-14-18-43(67)62(80)89-47(31-44(69)36(3)27-39(6)52(71)59(85-10)51(70)38(5)26-34)37(4)28-41-20-22-45(48(29-41)84-9)86-24-25-87-65(81)92-64-58(77)56(75)54(73)50(91-64)33-88-63-57(76)55(74)53(72)49(32-68)90-63/h11-13,16-17,27,34,36-38,40-43,45-50,52-59,63-64,68,71-77,82H,14-15,18-26,28-33H2,1-10H3/b13-11+,16-12+,35-17+,39-27+/t34-,36-,37-,38-,40-,41?,42+,43?,45-,46+,47+,48-,49-,50-,52-,53-,54-,55+,56+,57-,58-,59+,63+,64-,66-/m1/s1. The fraction of sp³-hybridized carbons (Fsp3) is 0.788. The van der Waals surface area contributed by atoms with Crippen LogP contribution in [0, 0.1) is 35.5 Å². The van der Waals surface area contributed by atoms with Crippen molar-refractivity contribution in [3.63, 3.8) is 0 Å². The van der Waals surface area contributed by atoms with Gasteiger partial charge in [0.2, 0.25) is 12.1 Å². The molecule has 5 aliphatic heterocycles. The summed E-state index contributed by atoms with van der Waals surface area (Å²) in [6.45, 7) is 10.5. The molecule has 0 aromatic heterocycles. The molecule has 5 fully saturated rings. The highest BCUT2D eigenvalue weighted by Crippen LogP contribution is 2.39. The van der Waals surface area contributed by atoms with Crippen LogP contribution in [0.4, 0.5) is 4.79 Å². The molecule has 4 saturated heterocycles. The Hall–Kier alpha value is -4.50. The van der Waals surface area contributed by atoms with Crippen LogP contribution in [-0.4, -0.2) is 257 Å². The van der Waals surface area contributed by atoms with Crippen LogP contribution in [0.3, 0.4) is 0 Å². The highest BCUT2D eigenvalue weighted by molar-refractivity contribution is 6.39. The predicted molar refractivity (Wildman–Crippen MR) is 328 cm³/mol. The van der Waals surface area contributed by atoms with Crippen molar-refractivity contribution in [2.75, 3.05) is 54.3 Å². The van der Waals surface area contributed by atoms with Crippen LogP contribution in [0.15, 0.2) is 47.6 Å². The van der Waals surface area contributed by atoms with Gasteiger partial charge in [-0.25, -0.2) is 9.59 Å².